The Morgan fingerprint density at radius 1 is 1.31 bits per heavy atom. The van der Waals surface area contributed by atoms with Gasteiger partial charge >= 0.3 is 0 Å². The summed E-state index contributed by atoms with van der Waals surface area (Å²) in [5.74, 6) is -3.10. The van der Waals surface area contributed by atoms with Crippen LogP contribution in [0.2, 0.25) is 0 Å². The topological polar surface area (TPSA) is 89.3 Å². The summed E-state index contributed by atoms with van der Waals surface area (Å²) in [5, 5.41) is 6.59. The molecular formula is C8H8F2N2O3S. The molecule has 0 radical (unpaired) electrons. The van der Waals surface area contributed by atoms with Gasteiger partial charge < -0.3 is 5.32 Å². The van der Waals surface area contributed by atoms with E-state index in [4.69, 9.17) is 5.14 Å². The van der Waals surface area contributed by atoms with Crippen LogP contribution in [-0.2, 0) is 14.8 Å². The summed E-state index contributed by atoms with van der Waals surface area (Å²) in [6.45, 7) is 1.06. The first-order valence-electron chi connectivity index (χ1n) is 4.01. The molecule has 0 heterocycles. The van der Waals surface area contributed by atoms with Crippen LogP contribution in [0.1, 0.15) is 6.92 Å². The van der Waals surface area contributed by atoms with Crippen molar-refractivity contribution in [1.29, 1.82) is 0 Å². The van der Waals surface area contributed by atoms with E-state index in [-0.39, 0.29) is 0 Å². The Labute approximate surface area is 90.3 Å². The van der Waals surface area contributed by atoms with Gasteiger partial charge in [-0.05, 0) is 12.1 Å². The molecule has 8 heteroatoms. The van der Waals surface area contributed by atoms with Gasteiger partial charge in [0, 0.05) is 6.92 Å². The molecule has 0 aliphatic heterocycles. The largest absolute Gasteiger partial charge is 0.321 e. The normalized spacial score (nSPS) is 11.2. The lowest BCUT2D eigenvalue weighted by atomic mass is 10.3. The molecule has 16 heavy (non-hydrogen) atoms. The molecule has 0 aliphatic rings. The SMILES string of the molecule is CC(=O)Nc1c(F)cc(S(N)(=O)=O)cc1F. The zero-order valence-corrected chi connectivity index (χ0v) is 8.94. The fraction of sp³-hybridized carbons (Fsp3) is 0.125. The third-order valence-electron chi connectivity index (χ3n) is 1.65. The van der Waals surface area contributed by atoms with Gasteiger partial charge in [0.1, 0.15) is 5.69 Å². The van der Waals surface area contributed by atoms with Crippen LogP contribution in [-0.4, -0.2) is 14.3 Å². The highest BCUT2D eigenvalue weighted by Gasteiger charge is 2.17. The van der Waals surface area contributed by atoms with Crippen molar-refractivity contribution in [1.82, 2.24) is 0 Å². The van der Waals surface area contributed by atoms with Crippen molar-refractivity contribution in [3.05, 3.63) is 23.8 Å². The van der Waals surface area contributed by atoms with Crippen LogP contribution in [0, 0.1) is 11.6 Å². The van der Waals surface area contributed by atoms with Crippen molar-refractivity contribution in [2.24, 2.45) is 5.14 Å². The number of primary sulfonamides is 1. The van der Waals surface area contributed by atoms with E-state index in [1.807, 2.05) is 5.32 Å². The van der Waals surface area contributed by atoms with Gasteiger partial charge in [-0.1, -0.05) is 0 Å². The number of halogens is 2. The van der Waals surface area contributed by atoms with Crippen LogP contribution in [0.4, 0.5) is 14.5 Å². The second kappa shape index (κ2) is 4.14. The fourth-order valence-corrected chi connectivity index (χ4v) is 1.55. The summed E-state index contributed by atoms with van der Waals surface area (Å²) in [5.41, 5.74) is -0.708. The maximum Gasteiger partial charge on any atom is 0.238 e. The molecule has 1 amide bonds. The molecule has 0 bridgehead atoms. The van der Waals surface area contributed by atoms with Gasteiger partial charge in [0.15, 0.2) is 11.6 Å². The van der Waals surface area contributed by atoms with E-state index in [2.05, 4.69) is 0 Å². The molecular weight excluding hydrogens is 242 g/mol. The Balaban J connectivity index is 3.34. The molecule has 0 atom stereocenters. The highest BCUT2D eigenvalue weighted by atomic mass is 32.2. The standard InChI is InChI=1S/C8H8F2N2O3S/c1-4(13)12-8-6(9)2-5(3-7(8)10)16(11,14)15/h2-3H,1H3,(H,12,13)(H2,11,14,15). The third kappa shape index (κ3) is 2.74. The van der Waals surface area contributed by atoms with Crippen molar-refractivity contribution < 1.29 is 22.0 Å². The molecule has 0 saturated heterocycles. The third-order valence-corrected chi connectivity index (χ3v) is 2.54. The number of anilines is 1. The van der Waals surface area contributed by atoms with Crippen LogP contribution in [0.5, 0.6) is 0 Å². The highest BCUT2D eigenvalue weighted by Crippen LogP contribution is 2.22. The maximum absolute atomic E-state index is 13.2. The first-order valence-corrected chi connectivity index (χ1v) is 5.56. The molecule has 1 aromatic carbocycles. The van der Waals surface area contributed by atoms with E-state index in [1.54, 1.807) is 0 Å². The molecule has 88 valence electrons. The minimum atomic E-state index is -4.19. The molecule has 5 nitrogen and oxygen atoms in total. The molecule has 0 aromatic heterocycles. The molecule has 1 aromatic rings. The monoisotopic (exact) mass is 250 g/mol. The predicted octanol–water partition coefficient (Wildman–Crippen LogP) is 0.571. The average Bonchev–Trinajstić information content (AvgIpc) is 2.09. The average molecular weight is 250 g/mol. The number of benzene rings is 1. The molecule has 0 unspecified atom stereocenters. The number of amides is 1. The Hall–Kier alpha value is -1.54. The van der Waals surface area contributed by atoms with Crippen LogP contribution < -0.4 is 10.5 Å². The van der Waals surface area contributed by atoms with Crippen molar-refractivity contribution in [2.45, 2.75) is 11.8 Å². The van der Waals surface area contributed by atoms with Crippen LogP contribution in [0.15, 0.2) is 17.0 Å². The first-order chi connectivity index (χ1) is 7.21. The predicted molar refractivity (Wildman–Crippen MR) is 52.0 cm³/mol. The summed E-state index contributed by atoms with van der Waals surface area (Å²) >= 11 is 0. The van der Waals surface area contributed by atoms with Crippen molar-refractivity contribution in [3.63, 3.8) is 0 Å². The summed E-state index contributed by atoms with van der Waals surface area (Å²) in [6, 6.07) is 1.06. The Bertz CT molecular complexity index is 519. The van der Waals surface area contributed by atoms with E-state index < -0.39 is 38.1 Å². The Morgan fingerprint density at radius 3 is 2.06 bits per heavy atom. The Morgan fingerprint density at radius 2 is 1.75 bits per heavy atom. The number of hydrogen-bond donors (Lipinski definition) is 2. The number of carbonyl (C=O) groups is 1. The minimum absolute atomic E-state index is 0.531. The molecule has 0 aliphatic carbocycles. The minimum Gasteiger partial charge on any atom is -0.321 e. The van der Waals surface area contributed by atoms with E-state index >= 15 is 0 Å². The van der Waals surface area contributed by atoms with E-state index in [9.17, 15) is 22.0 Å². The van der Waals surface area contributed by atoms with Crippen molar-refractivity contribution in [2.75, 3.05) is 5.32 Å². The van der Waals surface area contributed by atoms with Gasteiger partial charge in [-0.3, -0.25) is 4.79 Å². The molecule has 3 N–H and O–H groups in total. The highest BCUT2D eigenvalue weighted by molar-refractivity contribution is 7.89. The van der Waals surface area contributed by atoms with Gasteiger partial charge in [-0.2, -0.15) is 0 Å². The first kappa shape index (κ1) is 12.5. The summed E-state index contributed by atoms with van der Waals surface area (Å²) in [6.07, 6.45) is 0. The molecule has 0 saturated carbocycles. The number of nitrogens with two attached hydrogens (primary N) is 1. The van der Waals surface area contributed by atoms with E-state index in [1.165, 1.54) is 0 Å². The second-order valence-electron chi connectivity index (χ2n) is 2.99. The second-order valence-corrected chi connectivity index (χ2v) is 4.55. The summed E-state index contributed by atoms with van der Waals surface area (Å²) < 4.78 is 48.1. The van der Waals surface area contributed by atoms with Gasteiger partial charge in [-0.15, -0.1) is 0 Å². The number of rotatable bonds is 2. The van der Waals surface area contributed by atoms with E-state index in [0.29, 0.717) is 12.1 Å². The number of carbonyl (C=O) groups excluding carboxylic acids is 1. The molecule has 0 spiro atoms. The van der Waals surface area contributed by atoms with E-state index in [0.717, 1.165) is 6.92 Å². The van der Waals surface area contributed by atoms with Crippen LogP contribution in [0.3, 0.4) is 0 Å². The summed E-state index contributed by atoms with van der Waals surface area (Å²) in [7, 11) is -4.19. The number of sulfonamides is 1. The van der Waals surface area contributed by atoms with Gasteiger partial charge in [-0.25, -0.2) is 22.3 Å². The quantitative estimate of drug-likeness (QED) is 0.804. The van der Waals surface area contributed by atoms with Crippen LogP contribution >= 0.6 is 0 Å². The Kier molecular flexibility index (Phi) is 3.24. The van der Waals surface area contributed by atoms with Crippen LogP contribution in [0.25, 0.3) is 0 Å². The molecule has 0 fully saturated rings. The maximum atomic E-state index is 13.2. The van der Waals surface area contributed by atoms with Crippen molar-refractivity contribution >= 4 is 21.6 Å². The van der Waals surface area contributed by atoms with Gasteiger partial charge in [0.05, 0.1) is 4.90 Å². The van der Waals surface area contributed by atoms with Crippen molar-refractivity contribution in [3.8, 4) is 0 Å². The number of nitrogens with one attached hydrogen (secondary N) is 1. The lowest BCUT2D eigenvalue weighted by Gasteiger charge is -2.07. The fourth-order valence-electron chi connectivity index (χ4n) is 1.01. The lowest BCUT2D eigenvalue weighted by molar-refractivity contribution is -0.114. The zero-order valence-electron chi connectivity index (χ0n) is 8.12. The van der Waals surface area contributed by atoms with Gasteiger partial charge in [0.25, 0.3) is 0 Å². The number of hydrogen-bond acceptors (Lipinski definition) is 3. The molecule has 1 rings (SSSR count). The lowest BCUT2D eigenvalue weighted by Crippen LogP contribution is -2.15. The van der Waals surface area contributed by atoms with Gasteiger partial charge in [0.2, 0.25) is 15.9 Å². The smallest absolute Gasteiger partial charge is 0.238 e. The zero-order chi connectivity index (χ0) is 12.5. The summed E-state index contributed by atoms with van der Waals surface area (Å²) in [4.78, 5) is 9.91.